The molecule has 17 heavy (non-hydrogen) atoms. The van der Waals surface area contributed by atoms with Crippen LogP contribution in [0.5, 0.6) is 0 Å². The van der Waals surface area contributed by atoms with E-state index in [2.05, 4.69) is 22.3 Å². The smallest absolute Gasteiger partial charge is 0.105 e. The van der Waals surface area contributed by atoms with Crippen LogP contribution in [0.3, 0.4) is 0 Å². The quantitative estimate of drug-likeness (QED) is 0.819. The molecule has 1 aromatic carbocycles. The minimum absolute atomic E-state index is 0.375. The molecule has 0 bridgehead atoms. The lowest BCUT2D eigenvalue weighted by atomic mass is 10.1. The number of benzene rings is 1. The Balaban J connectivity index is 1.97. The highest BCUT2D eigenvalue weighted by Crippen LogP contribution is 2.16. The van der Waals surface area contributed by atoms with Crippen molar-refractivity contribution >= 4 is 5.69 Å². The number of nitrogens with one attached hydrogen (secondary N) is 1. The van der Waals surface area contributed by atoms with Gasteiger partial charge in [0.05, 0.1) is 0 Å². The molecule has 94 valence electrons. The Bertz CT molecular complexity index is 333. The summed E-state index contributed by atoms with van der Waals surface area (Å²) in [5.41, 5.74) is 7.94. The molecule has 3 nitrogen and oxygen atoms in total. The molecular weight excluding hydrogens is 217 g/mol. The highest BCUT2D eigenvalue weighted by Gasteiger charge is 2.10. The van der Waals surface area contributed by atoms with Crippen LogP contribution in [0, 0.1) is 0 Å². The van der Waals surface area contributed by atoms with Crippen LogP contribution in [-0.2, 0) is 6.42 Å². The Morgan fingerprint density at radius 1 is 1.24 bits per heavy atom. The Labute approximate surface area is 102 Å². The van der Waals surface area contributed by atoms with Crippen LogP contribution in [0.1, 0.15) is 5.56 Å². The van der Waals surface area contributed by atoms with Gasteiger partial charge in [0.1, 0.15) is 6.67 Å². The standard InChI is InChI=1S/C13H20FN3/c14-10-12(15)9-11-1-3-13(4-2-11)17-7-5-16-6-8-17/h1-4,12,16H,5-10,15H2. The van der Waals surface area contributed by atoms with Crippen molar-refractivity contribution in [1.29, 1.82) is 0 Å². The zero-order valence-electron chi connectivity index (χ0n) is 10.0. The maximum atomic E-state index is 12.3. The lowest BCUT2D eigenvalue weighted by Crippen LogP contribution is -2.43. The fraction of sp³-hybridized carbons (Fsp3) is 0.538. The molecular formula is C13H20FN3. The summed E-state index contributed by atoms with van der Waals surface area (Å²) in [5.74, 6) is 0. The summed E-state index contributed by atoms with van der Waals surface area (Å²) < 4.78 is 12.3. The van der Waals surface area contributed by atoms with E-state index in [0.717, 1.165) is 31.7 Å². The van der Waals surface area contributed by atoms with E-state index in [1.165, 1.54) is 5.69 Å². The molecule has 4 heteroatoms. The van der Waals surface area contributed by atoms with Crippen molar-refractivity contribution in [2.75, 3.05) is 37.8 Å². The van der Waals surface area contributed by atoms with Crippen molar-refractivity contribution in [2.24, 2.45) is 5.73 Å². The van der Waals surface area contributed by atoms with E-state index in [1.54, 1.807) is 0 Å². The second kappa shape index (κ2) is 5.98. The topological polar surface area (TPSA) is 41.3 Å². The third-order valence-electron chi connectivity index (χ3n) is 3.11. The van der Waals surface area contributed by atoms with Gasteiger partial charge in [-0.25, -0.2) is 4.39 Å². The van der Waals surface area contributed by atoms with Crippen LogP contribution < -0.4 is 16.0 Å². The summed E-state index contributed by atoms with van der Waals surface area (Å²) >= 11 is 0. The average Bonchev–Trinajstić information content (AvgIpc) is 2.40. The second-order valence-electron chi connectivity index (χ2n) is 4.52. The van der Waals surface area contributed by atoms with Gasteiger partial charge in [0.2, 0.25) is 0 Å². The monoisotopic (exact) mass is 237 g/mol. The molecule has 2 rings (SSSR count). The molecule has 1 aliphatic rings. The number of hydrogen-bond acceptors (Lipinski definition) is 3. The van der Waals surface area contributed by atoms with Crippen LogP contribution in [0.2, 0.25) is 0 Å². The van der Waals surface area contributed by atoms with Crippen molar-refractivity contribution in [2.45, 2.75) is 12.5 Å². The lowest BCUT2D eigenvalue weighted by molar-refractivity contribution is 0.427. The Morgan fingerprint density at radius 3 is 2.47 bits per heavy atom. The summed E-state index contributed by atoms with van der Waals surface area (Å²) in [7, 11) is 0. The maximum absolute atomic E-state index is 12.3. The number of halogens is 1. The summed E-state index contributed by atoms with van der Waals surface area (Å²) in [6, 6.07) is 7.93. The predicted octanol–water partition coefficient (Wildman–Crippen LogP) is 0.935. The van der Waals surface area contributed by atoms with Crippen molar-refractivity contribution < 1.29 is 4.39 Å². The summed E-state index contributed by atoms with van der Waals surface area (Å²) in [5, 5.41) is 3.33. The minimum atomic E-state index is -0.459. The zero-order valence-corrected chi connectivity index (χ0v) is 10.0. The van der Waals surface area contributed by atoms with Crippen molar-refractivity contribution in [3.63, 3.8) is 0 Å². The van der Waals surface area contributed by atoms with Gasteiger partial charge in [-0.3, -0.25) is 0 Å². The van der Waals surface area contributed by atoms with Crippen LogP contribution in [0.15, 0.2) is 24.3 Å². The third-order valence-corrected chi connectivity index (χ3v) is 3.11. The number of alkyl halides is 1. The van der Waals surface area contributed by atoms with Gasteiger partial charge in [0.25, 0.3) is 0 Å². The van der Waals surface area contributed by atoms with Gasteiger partial charge in [-0.1, -0.05) is 12.1 Å². The molecule has 1 aliphatic heterocycles. The third kappa shape index (κ3) is 3.41. The SMILES string of the molecule is NC(CF)Cc1ccc(N2CCNCC2)cc1. The van der Waals surface area contributed by atoms with Crippen LogP contribution in [0.25, 0.3) is 0 Å². The number of nitrogens with two attached hydrogens (primary N) is 1. The number of rotatable bonds is 4. The number of nitrogens with zero attached hydrogens (tertiary/aromatic N) is 1. The highest BCUT2D eigenvalue weighted by atomic mass is 19.1. The van der Waals surface area contributed by atoms with E-state index in [9.17, 15) is 4.39 Å². The van der Waals surface area contributed by atoms with Gasteiger partial charge >= 0.3 is 0 Å². The molecule has 0 saturated carbocycles. The summed E-state index contributed by atoms with van der Waals surface area (Å²) in [6.07, 6.45) is 0.609. The molecule has 1 aromatic rings. The first kappa shape index (κ1) is 12.3. The average molecular weight is 237 g/mol. The number of anilines is 1. The van der Waals surface area contributed by atoms with Gasteiger partial charge in [-0.15, -0.1) is 0 Å². The second-order valence-corrected chi connectivity index (χ2v) is 4.52. The van der Waals surface area contributed by atoms with Crippen molar-refractivity contribution in [3.05, 3.63) is 29.8 Å². The van der Waals surface area contributed by atoms with E-state index in [1.807, 2.05) is 12.1 Å². The molecule has 1 atom stereocenters. The number of hydrogen-bond donors (Lipinski definition) is 2. The van der Waals surface area contributed by atoms with E-state index >= 15 is 0 Å². The van der Waals surface area contributed by atoms with Crippen LogP contribution >= 0.6 is 0 Å². The van der Waals surface area contributed by atoms with Crippen LogP contribution in [0.4, 0.5) is 10.1 Å². The first-order valence-electron chi connectivity index (χ1n) is 6.16. The molecule has 0 aliphatic carbocycles. The molecule has 1 unspecified atom stereocenters. The van der Waals surface area contributed by atoms with Crippen molar-refractivity contribution in [3.8, 4) is 0 Å². The van der Waals surface area contributed by atoms with E-state index < -0.39 is 6.67 Å². The fourth-order valence-electron chi connectivity index (χ4n) is 2.12. The van der Waals surface area contributed by atoms with Gasteiger partial charge in [0.15, 0.2) is 0 Å². The summed E-state index contributed by atoms with van der Waals surface area (Å²) in [6.45, 7) is 3.70. The lowest BCUT2D eigenvalue weighted by Gasteiger charge is -2.29. The molecule has 0 amide bonds. The van der Waals surface area contributed by atoms with E-state index in [-0.39, 0.29) is 6.04 Å². The first-order valence-corrected chi connectivity index (χ1v) is 6.16. The first-order chi connectivity index (χ1) is 8.29. The van der Waals surface area contributed by atoms with Gasteiger partial charge in [-0.2, -0.15) is 0 Å². The van der Waals surface area contributed by atoms with Crippen molar-refractivity contribution in [1.82, 2.24) is 5.32 Å². The van der Waals surface area contributed by atoms with Gasteiger partial charge in [-0.05, 0) is 24.1 Å². The highest BCUT2D eigenvalue weighted by molar-refractivity contribution is 5.48. The maximum Gasteiger partial charge on any atom is 0.105 e. The minimum Gasteiger partial charge on any atom is -0.369 e. The summed E-state index contributed by atoms with van der Waals surface area (Å²) in [4.78, 5) is 2.36. The molecule has 1 saturated heterocycles. The molecule has 3 N–H and O–H groups in total. The Kier molecular flexibility index (Phi) is 4.34. The van der Waals surface area contributed by atoms with Gasteiger partial charge < -0.3 is 16.0 Å². The molecule has 0 spiro atoms. The van der Waals surface area contributed by atoms with Crippen LogP contribution in [-0.4, -0.2) is 38.9 Å². The Morgan fingerprint density at radius 2 is 1.88 bits per heavy atom. The number of piperazine rings is 1. The molecule has 1 heterocycles. The predicted molar refractivity (Wildman–Crippen MR) is 69.2 cm³/mol. The molecule has 1 fully saturated rings. The van der Waals surface area contributed by atoms with Gasteiger partial charge in [0, 0.05) is 37.9 Å². The zero-order chi connectivity index (χ0) is 12.1. The normalized spacial score (nSPS) is 18.1. The fourth-order valence-corrected chi connectivity index (χ4v) is 2.12. The Hall–Kier alpha value is -1.13. The van der Waals surface area contributed by atoms with E-state index in [0.29, 0.717) is 6.42 Å². The molecule has 0 radical (unpaired) electrons. The molecule has 0 aromatic heterocycles. The largest absolute Gasteiger partial charge is 0.369 e. The van der Waals surface area contributed by atoms with E-state index in [4.69, 9.17) is 5.73 Å².